The fourth-order valence-electron chi connectivity index (χ4n) is 2.62. The first kappa shape index (κ1) is 13.3. The van der Waals surface area contributed by atoms with Crippen LogP contribution in [0.2, 0.25) is 0 Å². The van der Waals surface area contributed by atoms with E-state index in [1.807, 2.05) is 0 Å². The smallest absolute Gasteiger partial charge is 0.137 e. The van der Waals surface area contributed by atoms with Gasteiger partial charge in [-0.15, -0.1) is 0 Å². The average Bonchev–Trinajstić information content (AvgIpc) is 2.84. The van der Waals surface area contributed by atoms with E-state index in [1.54, 1.807) is 0 Å². The first-order valence-corrected chi connectivity index (χ1v) is 6.93. The normalized spacial score (nSPS) is 19.1. The molecule has 1 aromatic rings. The molecule has 0 amide bonds. The summed E-state index contributed by atoms with van der Waals surface area (Å²) in [6.45, 7) is 6.38. The van der Waals surface area contributed by atoms with Gasteiger partial charge in [0.05, 0.1) is 0 Å². The van der Waals surface area contributed by atoms with E-state index < -0.39 is 0 Å². The third-order valence-corrected chi connectivity index (χ3v) is 3.89. The summed E-state index contributed by atoms with van der Waals surface area (Å²) in [5.41, 5.74) is 3.67. The van der Waals surface area contributed by atoms with Crippen LogP contribution in [-0.4, -0.2) is 18.9 Å². The van der Waals surface area contributed by atoms with Crippen LogP contribution >= 0.6 is 0 Å². The lowest BCUT2D eigenvalue weighted by atomic mass is 9.96. The Bertz CT molecular complexity index is 419. The Morgan fingerprint density at radius 1 is 1.39 bits per heavy atom. The van der Waals surface area contributed by atoms with Crippen molar-refractivity contribution < 1.29 is 4.79 Å². The van der Waals surface area contributed by atoms with Gasteiger partial charge in [-0.1, -0.05) is 23.8 Å². The number of aryl methyl sites for hydroxylation is 2. The second-order valence-corrected chi connectivity index (χ2v) is 5.54. The molecule has 1 saturated heterocycles. The van der Waals surface area contributed by atoms with Gasteiger partial charge in [0, 0.05) is 12.8 Å². The zero-order valence-electron chi connectivity index (χ0n) is 11.5. The monoisotopic (exact) mass is 245 g/mol. The van der Waals surface area contributed by atoms with Crippen molar-refractivity contribution in [3.63, 3.8) is 0 Å². The summed E-state index contributed by atoms with van der Waals surface area (Å²) >= 11 is 0. The van der Waals surface area contributed by atoms with Crippen LogP contribution in [0.5, 0.6) is 0 Å². The van der Waals surface area contributed by atoms with Gasteiger partial charge in [-0.05, 0) is 56.8 Å². The number of carbonyl (C=O) groups is 1. The molecule has 0 aliphatic carbocycles. The van der Waals surface area contributed by atoms with E-state index in [2.05, 4.69) is 37.4 Å². The highest BCUT2D eigenvalue weighted by Crippen LogP contribution is 2.17. The van der Waals surface area contributed by atoms with E-state index in [0.29, 0.717) is 18.1 Å². The number of ketones is 1. The molecule has 2 nitrogen and oxygen atoms in total. The maximum atomic E-state index is 12.0. The van der Waals surface area contributed by atoms with Gasteiger partial charge in [-0.2, -0.15) is 0 Å². The molecule has 1 heterocycles. The predicted octanol–water partition coefficient (Wildman–Crippen LogP) is 2.80. The van der Waals surface area contributed by atoms with Crippen LogP contribution in [0.4, 0.5) is 0 Å². The average molecular weight is 245 g/mol. The lowest BCUT2D eigenvalue weighted by molar-refractivity contribution is -0.118. The third kappa shape index (κ3) is 3.67. The van der Waals surface area contributed by atoms with E-state index in [0.717, 1.165) is 25.9 Å². The van der Waals surface area contributed by atoms with Gasteiger partial charge in [0.25, 0.3) is 0 Å². The molecule has 98 valence electrons. The van der Waals surface area contributed by atoms with Gasteiger partial charge in [0.1, 0.15) is 5.78 Å². The number of hydrogen-bond acceptors (Lipinski definition) is 2. The fourth-order valence-corrected chi connectivity index (χ4v) is 2.62. The third-order valence-electron chi connectivity index (χ3n) is 3.89. The molecule has 2 heteroatoms. The minimum atomic E-state index is 0.385. The zero-order chi connectivity index (χ0) is 13.0. The van der Waals surface area contributed by atoms with E-state index in [-0.39, 0.29) is 0 Å². The van der Waals surface area contributed by atoms with E-state index in [4.69, 9.17) is 0 Å². The standard InChI is InChI=1S/C16H23NO/c1-12-3-4-13(2)15(9-12)10-16(18)6-5-14-7-8-17-11-14/h3-4,9,14,17H,5-8,10-11H2,1-2H3. The highest BCUT2D eigenvalue weighted by atomic mass is 16.1. The molecular formula is C16H23NO. The summed E-state index contributed by atoms with van der Waals surface area (Å²) in [4.78, 5) is 12.0. The van der Waals surface area contributed by atoms with Crippen molar-refractivity contribution in [2.45, 2.75) is 39.5 Å². The summed E-state index contributed by atoms with van der Waals surface area (Å²) in [5.74, 6) is 1.10. The molecule has 2 rings (SSSR count). The van der Waals surface area contributed by atoms with Gasteiger partial charge >= 0.3 is 0 Å². The highest BCUT2D eigenvalue weighted by molar-refractivity contribution is 5.81. The van der Waals surface area contributed by atoms with Crippen molar-refractivity contribution in [2.75, 3.05) is 13.1 Å². The molecule has 1 fully saturated rings. The van der Waals surface area contributed by atoms with Crippen molar-refractivity contribution in [1.29, 1.82) is 0 Å². The summed E-state index contributed by atoms with van der Waals surface area (Å²) in [6.07, 6.45) is 3.63. The van der Waals surface area contributed by atoms with E-state index in [9.17, 15) is 4.79 Å². The largest absolute Gasteiger partial charge is 0.316 e. The van der Waals surface area contributed by atoms with Crippen LogP contribution in [0.25, 0.3) is 0 Å². The van der Waals surface area contributed by atoms with E-state index >= 15 is 0 Å². The molecule has 1 unspecified atom stereocenters. The van der Waals surface area contributed by atoms with Crippen LogP contribution in [0.15, 0.2) is 18.2 Å². The van der Waals surface area contributed by atoms with Crippen molar-refractivity contribution >= 4 is 5.78 Å². The van der Waals surface area contributed by atoms with Crippen molar-refractivity contribution in [2.24, 2.45) is 5.92 Å². The van der Waals surface area contributed by atoms with Crippen LogP contribution in [-0.2, 0) is 11.2 Å². The molecule has 18 heavy (non-hydrogen) atoms. The van der Waals surface area contributed by atoms with Crippen molar-refractivity contribution in [1.82, 2.24) is 5.32 Å². The Hall–Kier alpha value is -1.15. The minimum Gasteiger partial charge on any atom is -0.316 e. The molecule has 0 saturated carbocycles. The number of rotatable bonds is 5. The summed E-state index contributed by atoms with van der Waals surface area (Å²) in [7, 11) is 0. The molecule has 0 bridgehead atoms. The first-order chi connectivity index (χ1) is 8.65. The molecule has 1 aliphatic rings. The highest BCUT2D eigenvalue weighted by Gasteiger charge is 2.16. The van der Waals surface area contributed by atoms with Crippen LogP contribution in [0.1, 0.15) is 36.0 Å². The number of carbonyl (C=O) groups excluding carboxylic acids is 1. The van der Waals surface area contributed by atoms with Gasteiger partial charge in [0.2, 0.25) is 0 Å². The Kier molecular flexibility index (Phi) is 4.54. The van der Waals surface area contributed by atoms with Crippen LogP contribution in [0.3, 0.4) is 0 Å². The second-order valence-electron chi connectivity index (χ2n) is 5.54. The quantitative estimate of drug-likeness (QED) is 0.864. The Morgan fingerprint density at radius 2 is 2.22 bits per heavy atom. The van der Waals surface area contributed by atoms with Crippen LogP contribution in [0, 0.1) is 19.8 Å². The molecule has 1 aromatic carbocycles. The molecule has 1 aliphatic heterocycles. The molecule has 0 aromatic heterocycles. The number of nitrogens with one attached hydrogen (secondary N) is 1. The van der Waals surface area contributed by atoms with Gasteiger partial charge in [0.15, 0.2) is 0 Å². The molecule has 1 atom stereocenters. The number of hydrogen-bond donors (Lipinski definition) is 1. The molecule has 0 radical (unpaired) electrons. The van der Waals surface area contributed by atoms with E-state index in [1.165, 1.54) is 23.1 Å². The van der Waals surface area contributed by atoms with Crippen LogP contribution < -0.4 is 5.32 Å². The van der Waals surface area contributed by atoms with Gasteiger partial charge in [-0.25, -0.2) is 0 Å². The topological polar surface area (TPSA) is 29.1 Å². The van der Waals surface area contributed by atoms with Crippen molar-refractivity contribution in [3.05, 3.63) is 34.9 Å². The van der Waals surface area contributed by atoms with Gasteiger partial charge < -0.3 is 5.32 Å². The maximum Gasteiger partial charge on any atom is 0.137 e. The van der Waals surface area contributed by atoms with Gasteiger partial charge in [-0.3, -0.25) is 4.79 Å². The minimum absolute atomic E-state index is 0.385. The lowest BCUT2D eigenvalue weighted by Gasteiger charge is -2.09. The number of benzene rings is 1. The molecular weight excluding hydrogens is 222 g/mol. The zero-order valence-corrected chi connectivity index (χ0v) is 11.5. The second kappa shape index (κ2) is 6.14. The molecule has 1 N–H and O–H groups in total. The number of Topliss-reactive ketones (excluding diaryl/α,β-unsaturated/α-hetero) is 1. The maximum absolute atomic E-state index is 12.0. The summed E-state index contributed by atoms with van der Waals surface area (Å²) in [5, 5.41) is 3.35. The summed E-state index contributed by atoms with van der Waals surface area (Å²) < 4.78 is 0. The Labute approximate surface area is 110 Å². The first-order valence-electron chi connectivity index (χ1n) is 6.93. The molecule has 0 spiro atoms. The Balaban J connectivity index is 1.84. The fraction of sp³-hybridized carbons (Fsp3) is 0.562. The SMILES string of the molecule is Cc1ccc(C)c(CC(=O)CCC2CCNC2)c1. The predicted molar refractivity (Wildman–Crippen MR) is 74.8 cm³/mol. The lowest BCUT2D eigenvalue weighted by Crippen LogP contribution is -2.11. The summed E-state index contributed by atoms with van der Waals surface area (Å²) in [6, 6.07) is 6.36. The van der Waals surface area contributed by atoms with Crippen molar-refractivity contribution in [3.8, 4) is 0 Å². The Morgan fingerprint density at radius 3 is 2.94 bits per heavy atom.